The highest BCUT2D eigenvalue weighted by molar-refractivity contribution is 5.79. The van der Waals surface area contributed by atoms with E-state index < -0.39 is 11.6 Å². The van der Waals surface area contributed by atoms with Gasteiger partial charge in [-0.2, -0.15) is 0 Å². The van der Waals surface area contributed by atoms with Crippen LogP contribution >= 0.6 is 0 Å². The smallest absolute Gasteiger partial charge is 0.317 e. The van der Waals surface area contributed by atoms with Crippen molar-refractivity contribution in [1.82, 2.24) is 15.5 Å². The van der Waals surface area contributed by atoms with Crippen LogP contribution in [0.3, 0.4) is 0 Å². The van der Waals surface area contributed by atoms with Crippen molar-refractivity contribution in [3.05, 3.63) is 35.4 Å². The first-order valence-corrected chi connectivity index (χ1v) is 8.27. The normalized spacial score (nSPS) is 23.9. The van der Waals surface area contributed by atoms with Crippen molar-refractivity contribution in [1.29, 1.82) is 0 Å². The van der Waals surface area contributed by atoms with Gasteiger partial charge < -0.3 is 15.5 Å². The number of halogens is 2. The van der Waals surface area contributed by atoms with E-state index in [0.717, 1.165) is 24.5 Å². The van der Waals surface area contributed by atoms with Crippen molar-refractivity contribution >= 4 is 11.9 Å². The van der Waals surface area contributed by atoms with Crippen LogP contribution in [0.15, 0.2) is 18.2 Å². The first-order chi connectivity index (χ1) is 11.5. The summed E-state index contributed by atoms with van der Waals surface area (Å²) < 4.78 is 26.2. The van der Waals surface area contributed by atoms with Gasteiger partial charge in [-0.25, -0.2) is 13.6 Å². The fraction of sp³-hybridized carbons (Fsp3) is 0.529. The largest absolute Gasteiger partial charge is 0.356 e. The van der Waals surface area contributed by atoms with Gasteiger partial charge in [0.05, 0.1) is 0 Å². The molecule has 0 spiro atoms. The second kappa shape index (κ2) is 7.15. The highest BCUT2D eigenvalue weighted by Crippen LogP contribution is 2.22. The van der Waals surface area contributed by atoms with Gasteiger partial charge in [0.1, 0.15) is 0 Å². The first kappa shape index (κ1) is 16.7. The number of likely N-dealkylation sites (tertiary alicyclic amines) is 1. The minimum absolute atomic E-state index is 0.0378. The summed E-state index contributed by atoms with van der Waals surface area (Å²) in [7, 11) is 0. The third-order valence-electron chi connectivity index (χ3n) is 4.66. The standard InChI is InChI=1S/C17H21F2N3O2/c18-14-2-1-11(8-15(14)19)7-12-4-6-22(10-12)17(24)21-13-3-5-20-16(23)9-13/h1-2,8,12-13H,3-7,9-10H2,(H,20,23)(H,21,24). The molecule has 2 unspecified atom stereocenters. The van der Waals surface area contributed by atoms with Crippen LogP contribution in [0.5, 0.6) is 0 Å². The van der Waals surface area contributed by atoms with Crippen molar-refractivity contribution in [3.8, 4) is 0 Å². The molecule has 130 valence electrons. The number of carbonyl (C=O) groups is 2. The monoisotopic (exact) mass is 337 g/mol. The van der Waals surface area contributed by atoms with Crippen LogP contribution in [0.4, 0.5) is 13.6 Å². The van der Waals surface area contributed by atoms with Crippen molar-refractivity contribution < 1.29 is 18.4 Å². The van der Waals surface area contributed by atoms with Gasteiger partial charge in [-0.3, -0.25) is 4.79 Å². The number of amides is 3. The SMILES string of the molecule is O=C1CC(NC(=O)N2CCC(Cc3ccc(F)c(F)c3)C2)CCN1. The zero-order valence-corrected chi connectivity index (χ0v) is 13.4. The molecule has 1 aromatic rings. The fourth-order valence-corrected chi connectivity index (χ4v) is 3.36. The summed E-state index contributed by atoms with van der Waals surface area (Å²) in [5.74, 6) is -1.49. The second-order valence-electron chi connectivity index (χ2n) is 6.54. The molecule has 3 rings (SSSR count). The van der Waals surface area contributed by atoms with E-state index >= 15 is 0 Å². The molecule has 5 nitrogen and oxygen atoms in total. The molecule has 0 aromatic heterocycles. The molecule has 0 aliphatic carbocycles. The Morgan fingerprint density at radius 3 is 2.88 bits per heavy atom. The summed E-state index contributed by atoms with van der Waals surface area (Å²) in [5, 5.41) is 5.65. The molecule has 24 heavy (non-hydrogen) atoms. The van der Waals surface area contributed by atoms with Gasteiger partial charge in [0.25, 0.3) is 0 Å². The molecule has 1 aromatic carbocycles. The molecule has 2 saturated heterocycles. The maximum absolute atomic E-state index is 13.3. The number of carbonyl (C=O) groups excluding carboxylic acids is 2. The van der Waals surface area contributed by atoms with Crippen molar-refractivity contribution in [2.75, 3.05) is 19.6 Å². The lowest BCUT2D eigenvalue weighted by molar-refractivity contribution is -0.122. The molecule has 2 aliphatic heterocycles. The first-order valence-electron chi connectivity index (χ1n) is 8.27. The van der Waals surface area contributed by atoms with Crippen molar-refractivity contribution in [3.63, 3.8) is 0 Å². The molecule has 7 heteroatoms. The number of benzene rings is 1. The Morgan fingerprint density at radius 1 is 1.29 bits per heavy atom. The van der Waals surface area contributed by atoms with E-state index in [4.69, 9.17) is 0 Å². The summed E-state index contributed by atoms with van der Waals surface area (Å²) in [6, 6.07) is 3.68. The zero-order valence-electron chi connectivity index (χ0n) is 13.4. The molecule has 2 atom stereocenters. The van der Waals surface area contributed by atoms with Crippen LogP contribution in [0.2, 0.25) is 0 Å². The molecule has 0 saturated carbocycles. The van der Waals surface area contributed by atoms with Crippen molar-refractivity contribution in [2.45, 2.75) is 31.7 Å². The number of hydrogen-bond acceptors (Lipinski definition) is 2. The van der Waals surface area contributed by atoms with Crippen LogP contribution in [-0.2, 0) is 11.2 Å². The van der Waals surface area contributed by atoms with Gasteiger partial charge in [0.15, 0.2) is 11.6 Å². The fourth-order valence-electron chi connectivity index (χ4n) is 3.36. The Morgan fingerprint density at radius 2 is 2.12 bits per heavy atom. The number of nitrogens with one attached hydrogen (secondary N) is 2. The van der Waals surface area contributed by atoms with E-state index in [1.807, 2.05) is 0 Å². The zero-order chi connectivity index (χ0) is 17.1. The molecular weight excluding hydrogens is 316 g/mol. The average Bonchev–Trinajstić information content (AvgIpc) is 3.00. The number of piperidine rings is 1. The summed E-state index contributed by atoms with van der Waals surface area (Å²) in [6.07, 6.45) is 2.51. The van der Waals surface area contributed by atoms with Gasteiger partial charge in [-0.1, -0.05) is 6.07 Å². The number of nitrogens with zero attached hydrogens (tertiary/aromatic N) is 1. The molecule has 2 fully saturated rings. The summed E-state index contributed by atoms with van der Waals surface area (Å²) >= 11 is 0. The summed E-state index contributed by atoms with van der Waals surface area (Å²) in [6.45, 7) is 1.81. The lowest BCUT2D eigenvalue weighted by atomic mass is 9.98. The predicted octanol–water partition coefficient (Wildman–Crippen LogP) is 1.82. The lowest BCUT2D eigenvalue weighted by Crippen LogP contribution is -2.49. The summed E-state index contributed by atoms with van der Waals surface area (Å²) in [5.41, 5.74) is 0.741. The average molecular weight is 337 g/mol. The van der Waals surface area contributed by atoms with E-state index in [1.54, 1.807) is 11.0 Å². The van der Waals surface area contributed by atoms with Crippen LogP contribution < -0.4 is 10.6 Å². The quantitative estimate of drug-likeness (QED) is 0.884. The Kier molecular flexibility index (Phi) is 4.97. The van der Waals surface area contributed by atoms with Crippen LogP contribution in [0, 0.1) is 17.6 Å². The van der Waals surface area contributed by atoms with E-state index in [0.29, 0.717) is 32.5 Å². The highest BCUT2D eigenvalue weighted by atomic mass is 19.2. The third-order valence-corrected chi connectivity index (χ3v) is 4.66. The van der Waals surface area contributed by atoms with Gasteiger partial charge >= 0.3 is 6.03 Å². The molecule has 2 heterocycles. The Labute approximate surface area is 139 Å². The minimum Gasteiger partial charge on any atom is -0.356 e. The molecule has 2 N–H and O–H groups in total. The lowest BCUT2D eigenvalue weighted by Gasteiger charge is -2.26. The topological polar surface area (TPSA) is 61.4 Å². The second-order valence-corrected chi connectivity index (χ2v) is 6.54. The minimum atomic E-state index is -0.845. The van der Waals surface area contributed by atoms with E-state index in [1.165, 1.54) is 6.07 Å². The van der Waals surface area contributed by atoms with Gasteiger partial charge in [0.2, 0.25) is 5.91 Å². The maximum Gasteiger partial charge on any atom is 0.317 e. The molecule has 3 amide bonds. The van der Waals surface area contributed by atoms with Crippen LogP contribution in [0.1, 0.15) is 24.8 Å². The number of urea groups is 1. The van der Waals surface area contributed by atoms with Gasteiger partial charge in [-0.15, -0.1) is 0 Å². The third kappa shape index (κ3) is 4.01. The Balaban J connectivity index is 1.50. The Hall–Kier alpha value is -2.18. The van der Waals surface area contributed by atoms with Gasteiger partial charge in [-0.05, 0) is 42.9 Å². The van der Waals surface area contributed by atoms with Crippen molar-refractivity contribution in [2.24, 2.45) is 5.92 Å². The van der Waals surface area contributed by atoms with E-state index in [9.17, 15) is 18.4 Å². The number of rotatable bonds is 3. The van der Waals surface area contributed by atoms with Gasteiger partial charge in [0, 0.05) is 32.1 Å². The molecule has 2 aliphatic rings. The maximum atomic E-state index is 13.3. The van der Waals surface area contributed by atoms with Crippen LogP contribution in [-0.4, -0.2) is 42.5 Å². The van der Waals surface area contributed by atoms with Crippen LogP contribution in [0.25, 0.3) is 0 Å². The van der Waals surface area contributed by atoms with E-state index in [-0.39, 0.29) is 23.9 Å². The molecule has 0 bridgehead atoms. The predicted molar refractivity (Wildman–Crippen MR) is 84.3 cm³/mol. The summed E-state index contributed by atoms with van der Waals surface area (Å²) in [4.78, 5) is 25.4. The molecular formula is C17H21F2N3O2. The Bertz CT molecular complexity index is 638. The molecule has 0 radical (unpaired) electrons. The number of hydrogen-bond donors (Lipinski definition) is 2. The highest BCUT2D eigenvalue weighted by Gasteiger charge is 2.29. The van der Waals surface area contributed by atoms with E-state index in [2.05, 4.69) is 10.6 Å².